The topological polar surface area (TPSA) is 97.8 Å². The van der Waals surface area contributed by atoms with Crippen LogP contribution in [0.4, 0.5) is 0 Å². The van der Waals surface area contributed by atoms with E-state index in [2.05, 4.69) is 0 Å². The van der Waals surface area contributed by atoms with Gasteiger partial charge in [0.25, 0.3) is 16.0 Å². The molecule has 4 unspecified atom stereocenters. The SMILES string of the molecule is CN(OS(=O)(=O)CC12CCC(CC1=O)C2(C)C)C(=O)C1=CC2Sc3ccccc3C(=O)C2C=C1. The van der Waals surface area contributed by atoms with Gasteiger partial charge in [-0.1, -0.05) is 50.3 Å². The molecular formula is C25H27NO6S2. The lowest BCUT2D eigenvalue weighted by Gasteiger charge is -2.36. The summed E-state index contributed by atoms with van der Waals surface area (Å²) in [6, 6.07) is 7.37. The van der Waals surface area contributed by atoms with Crippen LogP contribution in [0.1, 0.15) is 43.5 Å². The molecule has 0 radical (unpaired) electrons. The Hall–Kier alpha value is -2.23. The fraction of sp³-hybridized carbons (Fsp3) is 0.480. The zero-order valence-electron chi connectivity index (χ0n) is 19.3. The number of nitrogens with zero attached hydrogens (tertiary/aromatic N) is 1. The second-order valence-corrected chi connectivity index (χ2v) is 13.0. The smallest absolute Gasteiger partial charge is 0.289 e. The first-order valence-corrected chi connectivity index (χ1v) is 13.8. The number of ketones is 2. The number of carbonyl (C=O) groups is 3. The van der Waals surface area contributed by atoms with Crippen molar-refractivity contribution in [1.82, 2.24) is 5.06 Å². The number of carbonyl (C=O) groups excluding carboxylic acids is 3. The van der Waals surface area contributed by atoms with Crippen molar-refractivity contribution in [2.45, 2.75) is 43.3 Å². The molecule has 4 aliphatic rings. The van der Waals surface area contributed by atoms with Crippen LogP contribution in [0, 0.1) is 22.7 Å². The second kappa shape index (κ2) is 7.90. The lowest BCUT2D eigenvalue weighted by Crippen LogP contribution is -2.44. The Bertz CT molecular complexity index is 1260. The van der Waals surface area contributed by atoms with E-state index in [1.54, 1.807) is 24.3 Å². The van der Waals surface area contributed by atoms with Gasteiger partial charge < -0.3 is 0 Å². The van der Waals surface area contributed by atoms with Gasteiger partial charge in [0.2, 0.25) is 0 Å². The zero-order valence-corrected chi connectivity index (χ0v) is 20.9. The number of hydrogen-bond acceptors (Lipinski definition) is 7. The van der Waals surface area contributed by atoms with Gasteiger partial charge in [-0.3, -0.25) is 14.4 Å². The Labute approximate surface area is 203 Å². The van der Waals surface area contributed by atoms with Crippen LogP contribution in [-0.2, 0) is 24.0 Å². The Morgan fingerprint density at radius 1 is 1.24 bits per heavy atom. The van der Waals surface area contributed by atoms with E-state index in [9.17, 15) is 22.8 Å². The van der Waals surface area contributed by atoms with Crippen molar-refractivity contribution in [2.24, 2.45) is 22.7 Å². The minimum atomic E-state index is -4.19. The van der Waals surface area contributed by atoms with Gasteiger partial charge in [0.1, 0.15) is 5.78 Å². The highest BCUT2D eigenvalue weighted by atomic mass is 32.2. The lowest BCUT2D eigenvalue weighted by atomic mass is 9.70. The molecule has 0 N–H and O–H groups in total. The molecule has 1 aromatic carbocycles. The normalized spacial score (nSPS) is 31.1. The third kappa shape index (κ3) is 3.51. The molecule has 2 bridgehead atoms. The quantitative estimate of drug-likeness (QED) is 0.569. The molecule has 1 aliphatic heterocycles. The van der Waals surface area contributed by atoms with Crippen molar-refractivity contribution in [3.8, 4) is 0 Å². The van der Waals surface area contributed by atoms with Crippen molar-refractivity contribution in [1.29, 1.82) is 0 Å². The Morgan fingerprint density at radius 3 is 2.65 bits per heavy atom. The maximum atomic E-state index is 13.0. The van der Waals surface area contributed by atoms with Gasteiger partial charge in [-0.05, 0) is 30.2 Å². The predicted octanol–water partition coefficient (Wildman–Crippen LogP) is 3.57. The van der Waals surface area contributed by atoms with Crippen molar-refractivity contribution in [3.63, 3.8) is 0 Å². The molecule has 2 saturated carbocycles. The number of hydroxylamine groups is 2. The van der Waals surface area contributed by atoms with E-state index in [0.717, 1.165) is 11.3 Å². The van der Waals surface area contributed by atoms with E-state index in [0.29, 0.717) is 23.5 Å². The highest BCUT2D eigenvalue weighted by molar-refractivity contribution is 8.00. The largest absolute Gasteiger partial charge is 0.299 e. The number of thioether (sulfide) groups is 1. The summed E-state index contributed by atoms with van der Waals surface area (Å²) in [5, 5.41) is 0.451. The third-order valence-electron chi connectivity index (χ3n) is 8.22. The summed E-state index contributed by atoms with van der Waals surface area (Å²) in [6.45, 7) is 3.91. The van der Waals surface area contributed by atoms with Crippen molar-refractivity contribution >= 4 is 39.4 Å². The number of hydrogen-bond donors (Lipinski definition) is 0. The maximum absolute atomic E-state index is 13.0. The second-order valence-electron chi connectivity index (χ2n) is 10.2. The highest BCUT2D eigenvalue weighted by Crippen LogP contribution is 2.64. The van der Waals surface area contributed by atoms with Gasteiger partial charge in [-0.25, -0.2) is 5.06 Å². The standard InChI is InChI=1S/C25H27NO6S2/c1-24(2)16-10-11-25(24,21(27)13-16)14-34(30,31)32-26(3)23(29)15-8-9-18-20(12-15)33-19-7-5-4-6-17(19)22(18)28/h4-9,12,16,18,20H,10-11,13-14H2,1-3H3. The summed E-state index contributed by atoms with van der Waals surface area (Å²) in [4.78, 5) is 39.4. The van der Waals surface area contributed by atoms with Crippen LogP contribution < -0.4 is 0 Å². The third-order valence-corrected chi connectivity index (χ3v) is 10.8. The first-order valence-electron chi connectivity index (χ1n) is 11.4. The van der Waals surface area contributed by atoms with E-state index in [-0.39, 0.29) is 34.2 Å². The van der Waals surface area contributed by atoms with Crippen LogP contribution >= 0.6 is 11.8 Å². The Balaban J connectivity index is 1.31. The van der Waals surface area contributed by atoms with E-state index in [4.69, 9.17) is 4.28 Å². The summed E-state index contributed by atoms with van der Waals surface area (Å²) in [5.74, 6) is -1.27. The number of fused-ring (bicyclic) bond motifs is 4. The molecule has 4 atom stereocenters. The highest BCUT2D eigenvalue weighted by Gasteiger charge is 2.65. The number of likely N-dealkylation sites (N-methyl/N-ethyl adjacent to an activating group) is 1. The van der Waals surface area contributed by atoms with Crippen LogP contribution in [0.5, 0.6) is 0 Å². The van der Waals surface area contributed by atoms with E-state index >= 15 is 0 Å². The summed E-state index contributed by atoms with van der Waals surface area (Å²) in [7, 11) is -2.94. The fourth-order valence-corrected chi connectivity index (χ4v) is 9.12. The Kier molecular flexibility index (Phi) is 5.46. The number of amides is 1. The molecule has 0 aromatic heterocycles. The molecule has 1 heterocycles. The molecule has 7 nitrogen and oxygen atoms in total. The van der Waals surface area contributed by atoms with Crippen LogP contribution in [0.2, 0.25) is 0 Å². The Morgan fingerprint density at radius 2 is 1.97 bits per heavy atom. The van der Waals surface area contributed by atoms with Gasteiger partial charge >= 0.3 is 0 Å². The molecule has 34 heavy (non-hydrogen) atoms. The average Bonchev–Trinajstić information content (AvgIpc) is 3.12. The van der Waals surface area contributed by atoms with Gasteiger partial charge in [-0.2, -0.15) is 8.42 Å². The summed E-state index contributed by atoms with van der Waals surface area (Å²) in [5.41, 5.74) is -0.459. The van der Waals surface area contributed by atoms with Crippen molar-refractivity contribution in [3.05, 3.63) is 53.6 Å². The summed E-state index contributed by atoms with van der Waals surface area (Å²) in [6.07, 6.45) is 6.68. The van der Waals surface area contributed by atoms with E-state index in [1.165, 1.54) is 18.8 Å². The summed E-state index contributed by atoms with van der Waals surface area (Å²) < 4.78 is 31.1. The van der Waals surface area contributed by atoms with Gasteiger partial charge in [0.05, 0.1) is 17.1 Å². The molecule has 9 heteroatoms. The van der Waals surface area contributed by atoms with E-state index in [1.807, 2.05) is 32.0 Å². The minimum Gasteiger partial charge on any atom is -0.299 e. The van der Waals surface area contributed by atoms with Crippen LogP contribution in [0.3, 0.4) is 0 Å². The molecule has 5 rings (SSSR count). The average molecular weight is 502 g/mol. The monoisotopic (exact) mass is 501 g/mol. The molecule has 0 saturated heterocycles. The van der Waals surface area contributed by atoms with Crippen LogP contribution in [0.15, 0.2) is 53.0 Å². The number of allylic oxidation sites excluding steroid dienone is 1. The zero-order chi connectivity index (χ0) is 24.5. The number of Topliss-reactive ketones (excluding diaryl/α,β-unsaturated/α-hetero) is 2. The van der Waals surface area contributed by atoms with Crippen molar-refractivity contribution in [2.75, 3.05) is 12.8 Å². The lowest BCUT2D eigenvalue weighted by molar-refractivity contribution is -0.146. The molecular weight excluding hydrogens is 474 g/mol. The van der Waals surface area contributed by atoms with Gasteiger partial charge in [-0.15, -0.1) is 16.0 Å². The van der Waals surface area contributed by atoms with Gasteiger partial charge in [0, 0.05) is 34.8 Å². The molecule has 3 aliphatic carbocycles. The molecule has 180 valence electrons. The maximum Gasteiger partial charge on any atom is 0.289 e. The minimum absolute atomic E-state index is 0.00324. The first-order chi connectivity index (χ1) is 15.9. The van der Waals surface area contributed by atoms with Crippen molar-refractivity contribution < 1.29 is 27.1 Å². The van der Waals surface area contributed by atoms with Crippen LogP contribution in [0.25, 0.3) is 0 Å². The van der Waals surface area contributed by atoms with Gasteiger partial charge in [0.15, 0.2) is 5.78 Å². The fourth-order valence-electron chi connectivity index (χ4n) is 6.06. The molecule has 0 spiro atoms. The number of rotatable bonds is 5. The predicted molar refractivity (Wildman–Crippen MR) is 127 cm³/mol. The van der Waals surface area contributed by atoms with E-state index < -0.39 is 32.6 Å². The number of benzene rings is 1. The molecule has 1 amide bonds. The van der Waals surface area contributed by atoms with Crippen LogP contribution in [-0.4, -0.2) is 49.0 Å². The molecule has 2 fully saturated rings. The molecule has 1 aromatic rings. The first kappa shape index (κ1) is 23.5. The summed E-state index contributed by atoms with van der Waals surface area (Å²) >= 11 is 1.50.